The molecule has 4 rings (SSSR count). The molecule has 2 aromatic carbocycles. The maximum Gasteiger partial charge on any atom is 0.417 e. The molecule has 2 heterocycles. The summed E-state index contributed by atoms with van der Waals surface area (Å²) in [5.41, 5.74) is -3.12. The van der Waals surface area contributed by atoms with Crippen molar-refractivity contribution in [2.45, 2.75) is 19.1 Å². The molecule has 1 aromatic heterocycles. The minimum Gasteiger partial charge on any atom is -0.302 e. The van der Waals surface area contributed by atoms with Crippen molar-refractivity contribution >= 4 is 23.4 Å². The molecule has 0 amide bonds. The highest BCUT2D eigenvalue weighted by molar-refractivity contribution is 6.37. The molecule has 0 saturated heterocycles. The number of benzene rings is 2. The van der Waals surface area contributed by atoms with Crippen molar-refractivity contribution in [3.63, 3.8) is 0 Å². The fourth-order valence-corrected chi connectivity index (χ4v) is 3.91. The number of aliphatic imine (C=N–C) groups is 1. The van der Waals surface area contributed by atoms with Crippen LogP contribution < -0.4 is 5.56 Å². The van der Waals surface area contributed by atoms with Crippen LogP contribution in [0.25, 0.3) is 11.8 Å². The maximum atomic E-state index is 14.7. The van der Waals surface area contributed by atoms with Gasteiger partial charge in [-0.3, -0.25) is 9.79 Å². The van der Waals surface area contributed by atoms with Crippen LogP contribution in [0.2, 0.25) is 5.02 Å². The number of hydrogen-bond donors (Lipinski definition) is 0. The number of hydrogen-bond acceptors (Lipinski definition) is 3. The Morgan fingerprint density at radius 3 is 2.38 bits per heavy atom. The van der Waals surface area contributed by atoms with Crippen LogP contribution in [0.5, 0.6) is 0 Å². The lowest BCUT2D eigenvalue weighted by molar-refractivity contribution is -0.137. The molecule has 1 aliphatic heterocycles. The molecule has 0 fully saturated rings. The highest BCUT2D eigenvalue weighted by atomic mass is 35.5. The maximum absolute atomic E-state index is 14.7. The first-order chi connectivity index (χ1) is 15.0. The van der Waals surface area contributed by atoms with Crippen molar-refractivity contribution in [3.8, 4) is 5.69 Å². The molecule has 0 N–H and O–H groups in total. The predicted octanol–water partition coefficient (Wildman–Crippen LogP) is 5.74. The summed E-state index contributed by atoms with van der Waals surface area (Å²) in [4.78, 5) is 20.5. The Balaban J connectivity index is 2.19. The third-order valence-corrected chi connectivity index (χ3v) is 5.41. The monoisotopic (exact) mass is 465 g/mol. The van der Waals surface area contributed by atoms with Crippen LogP contribution in [0.4, 0.5) is 22.0 Å². The highest BCUT2D eigenvalue weighted by Crippen LogP contribution is 2.41. The van der Waals surface area contributed by atoms with E-state index < -0.39 is 51.3 Å². The second-order valence-electron chi connectivity index (χ2n) is 7.00. The molecule has 0 radical (unpaired) electrons. The van der Waals surface area contributed by atoms with Crippen LogP contribution in [0.1, 0.15) is 41.0 Å². The molecule has 0 saturated carbocycles. The molecular formula is C22H13ClF5N3O. The van der Waals surface area contributed by atoms with Gasteiger partial charge in [-0.2, -0.15) is 18.2 Å². The van der Waals surface area contributed by atoms with Crippen molar-refractivity contribution < 1.29 is 22.0 Å². The summed E-state index contributed by atoms with van der Waals surface area (Å²) < 4.78 is 71.5. The summed E-state index contributed by atoms with van der Waals surface area (Å²) in [6.07, 6.45) is -2.27. The van der Waals surface area contributed by atoms with Gasteiger partial charge in [0.05, 0.1) is 33.1 Å². The van der Waals surface area contributed by atoms with E-state index in [0.29, 0.717) is 0 Å². The number of halogens is 6. The molecule has 1 atom stereocenters. The summed E-state index contributed by atoms with van der Waals surface area (Å²) in [7, 11) is 0. The summed E-state index contributed by atoms with van der Waals surface area (Å²) >= 11 is 6.19. The summed E-state index contributed by atoms with van der Waals surface area (Å²) in [5, 5.41) is -0.782. The van der Waals surface area contributed by atoms with Gasteiger partial charge in [-0.15, -0.1) is 0 Å². The molecule has 0 bridgehead atoms. The highest BCUT2D eigenvalue weighted by Gasteiger charge is 2.37. The Hall–Kier alpha value is -3.33. The minimum atomic E-state index is -4.83. The lowest BCUT2D eigenvalue weighted by atomic mass is 9.97. The molecule has 32 heavy (non-hydrogen) atoms. The Morgan fingerprint density at radius 2 is 1.78 bits per heavy atom. The Bertz CT molecular complexity index is 1340. The fourth-order valence-electron chi connectivity index (χ4n) is 3.55. The van der Waals surface area contributed by atoms with Gasteiger partial charge in [0.1, 0.15) is 23.5 Å². The van der Waals surface area contributed by atoms with Gasteiger partial charge in [0, 0.05) is 11.8 Å². The lowest BCUT2D eigenvalue weighted by Crippen LogP contribution is -2.20. The van der Waals surface area contributed by atoms with Gasteiger partial charge in [0.25, 0.3) is 5.56 Å². The summed E-state index contributed by atoms with van der Waals surface area (Å²) in [5.74, 6) is -2.00. The van der Waals surface area contributed by atoms with Gasteiger partial charge in [0.2, 0.25) is 0 Å². The Labute approximate surface area is 183 Å². The van der Waals surface area contributed by atoms with E-state index in [9.17, 15) is 26.7 Å². The number of nitrogens with zero attached hydrogens (tertiary/aromatic N) is 3. The van der Waals surface area contributed by atoms with E-state index in [0.717, 1.165) is 30.3 Å². The normalized spacial score (nSPS) is 15.5. The van der Waals surface area contributed by atoms with Gasteiger partial charge in [-0.05, 0) is 31.2 Å². The van der Waals surface area contributed by atoms with Crippen LogP contribution in [0, 0.1) is 11.6 Å². The second kappa shape index (κ2) is 7.67. The first-order valence-corrected chi connectivity index (χ1v) is 9.61. The van der Waals surface area contributed by atoms with Crippen molar-refractivity contribution in [2.75, 3.05) is 0 Å². The van der Waals surface area contributed by atoms with Crippen molar-refractivity contribution in [1.82, 2.24) is 9.55 Å². The van der Waals surface area contributed by atoms with Crippen LogP contribution >= 0.6 is 11.6 Å². The minimum absolute atomic E-state index is 0.0272. The van der Waals surface area contributed by atoms with E-state index in [4.69, 9.17) is 11.6 Å². The van der Waals surface area contributed by atoms with Crippen LogP contribution in [-0.2, 0) is 6.18 Å². The van der Waals surface area contributed by atoms with Crippen molar-refractivity contribution in [3.05, 3.63) is 98.2 Å². The SMILES string of the molecule is C=Cc1cn2c(nc1=O)[C@H](C)N=C(c1c(F)cccc1F)c1c-2ccc(C(F)(F)F)c1Cl. The van der Waals surface area contributed by atoms with Crippen molar-refractivity contribution in [1.29, 1.82) is 0 Å². The zero-order chi connectivity index (χ0) is 23.4. The lowest BCUT2D eigenvalue weighted by Gasteiger charge is -2.19. The van der Waals surface area contributed by atoms with E-state index in [1.807, 2.05) is 0 Å². The van der Waals surface area contributed by atoms with Gasteiger partial charge >= 0.3 is 6.18 Å². The first kappa shape index (κ1) is 21.9. The number of alkyl halides is 3. The Kier molecular flexibility index (Phi) is 5.24. The van der Waals surface area contributed by atoms with E-state index in [1.165, 1.54) is 23.8 Å². The number of aromatic nitrogens is 2. The van der Waals surface area contributed by atoms with E-state index in [1.54, 1.807) is 0 Å². The molecule has 4 nitrogen and oxygen atoms in total. The van der Waals surface area contributed by atoms with Gasteiger partial charge in [-0.25, -0.2) is 8.78 Å². The standard InChI is InChI=1S/C22H13ClF5N3O/c1-3-11-9-31-15-8-7-12(22(26,27)28)18(23)17(15)19(16-13(24)5-4-6-14(16)25)29-10(2)20(31)30-21(11)32/h3-10H,1H2,2H3/t10-/m0/s1. The first-order valence-electron chi connectivity index (χ1n) is 9.23. The van der Waals surface area contributed by atoms with Gasteiger partial charge < -0.3 is 4.57 Å². The largest absolute Gasteiger partial charge is 0.417 e. The predicted molar refractivity (Wildman–Crippen MR) is 110 cm³/mol. The molecule has 10 heteroatoms. The summed E-state index contributed by atoms with van der Waals surface area (Å²) in [6.45, 7) is 5.03. The van der Waals surface area contributed by atoms with Crippen LogP contribution in [-0.4, -0.2) is 15.3 Å². The second-order valence-corrected chi connectivity index (χ2v) is 7.38. The number of fused-ring (bicyclic) bond motifs is 3. The average Bonchev–Trinajstić information content (AvgIpc) is 2.82. The van der Waals surface area contributed by atoms with Crippen molar-refractivity contribution in [2.24, 2.45) is 4.99 Å². The van der Waals surface area contributed by atoms with Gasteiger partial charge in [0.15, 0.2) is 0 Å². The van der Waals surface area contributed by atoms with E-state index >= 15 is 0 Å². The third kappa shape index (κ3) is 3.42. The molecule has 0 spiro atoms. The van der Waals surface area contributed by atoms with Crippen LogP contribution in [0.3, 0.4) is 0 Å². The van der Waals surface area contributed by atoms with E-state index in [2.05, 4.69) is 16.6 Å². The topological polar surface area (TPSA) is 47.2 Å². The summed E-state index contributed by atoms with van der Waals surface area (Å²) in [6, 6.07) is 3.94. The third-order valence-electron chi connectivity index (χ3n) is 5.02. The quantitative estimate of drug-likeness (QED) is 0.453. The molecule has 3 aromatic rings. The van der Waals surface area contributed by atoms with Gasteiger partial charge in [-0.1, -0.05) is 30.3 Å². The smallest absolute Gasteiger partial charge is 0.302 e. The zero-order valence-electron chi connectivity index (χ0n) is 16.3. The number of rotatable bonds is 2. The van der Waals surface area contributed by atoms with Crippen LogP contribution in [0.15, 0.2) is 52.9 Å². The molecule has 0 unspecified atom stereocenters. The van der Waals surface area contributed by atoms with E-state index in [-0.39, 0.29) is 22.6 Å². The molecule has 164 valence electrons. The molecular weight excluding hydrogens is 453 g/mol. The average molecular weight is 466 g/mol. The Morgan fingerprint density at radius 1 is 1.12 bits per heavy atom. The fraction of sp³-hybridized carbons (Fsp3) is 0.136. The molecule has 1 aliphatic rings. The molecule has 0 aliphatic carbocycles. The zero-order valence-corrected chi connectivity index (χ0v) is 17.1.